The molecule has 102 heavy (non-hydrogen) atoms. The molecule has 8 aliphatic rings. The molecule has 8 rings (SSSR count). The molecule has 8 saturated heterocycles. The third-order valence-electron chi connectivity index (χ3n) is 20.0. The highest BCUT2D eigenvalue weighted by Crippen LogP contribution is 2.35. The predicted octanol–water partition coefficient (Wildman–Crippen LogP) is 14.7. The summed E-state index contributed by atoms with van der Waals surface area (Å²) < 4.78 is 104. The Morgan fingerprint density at radius 1 is 0.255 bits per heavy atom. The SMILES string of the molecule is CCC1(COC)COC1.CCC1(COCCCCCCOC)COC1.CCC1(COCCCCOC)COC1.CCCCCCCCCOCC1(CC)COC1.CCCCCCOCC1(C)COC1.COCC1(C)COC1.COCCCC(=O)OCC1(C)COC1.COCCOCC1(C)COC1. The first-order chi connectivity index (χ1) is 49.3. The molecular weight excluding hydrogens is 1310 g/mol. The average Bonchev–Trinajstić information content (AvgIpc) is 0.838. The van der Waals surface area contributed by atoms with Crippen molar-refractivity contribution in [2.45, 2.75) is 217 Å². The maximum absolute atomic E-state index is 11.2. The number of ether oxygens (including phenoxy) is 20. The van der Waals surface area contributed by atoms with Crippen LogP contribution in [-0.2, 0) is 99.5 Å². The Morgan fingerprint density at radius 2 is 0.510 bits per heavy atom. The van der Waals surface area contributed by atoms with E-state index in [1.165, 1.54) is 116 Å². The summed E-state index contributed by atoms with van der Waals surface area (Å²) in [5.74, 6) is -0.143. The second-order valence-electron chi connectivity index (χ2n) is 31.8. The highest BCUT2D eigenvalue weighted by molar-refractivity contribution is 5.69. The molecule has 0 bridgehead atoms. The molecule has 0 atom stereocenters. The summed E-state index contributed by atoms with van der Waals surface area (Å²) in [5.41, 5.74) is 2.39. The van der Waals surface area contributed by atoms with Gasteiger partial charge in [-0.25, -0.2) is 0 Å². The zero-order valence-electron chi connectivity index (χ0n) is 68.7. The summed E-state index contributed by atoms with van der Waals surface area (Å²) in [5, 5.41) is 0. The third kappa shape index (κ3) is 46.9. The number of hydrogen-bond donors (Lipinski definition) is 0. The minimum Gasteiger partial charge on any atom is -0.465 e. The summed E-state index contributed by atoms with van der Waals surface area (Å²) in [7, 11) is 10.3. The first-order valence-electron chi connectivity index (χ1n) is 39.9. The van der Waals surface area contributed by atoms with Crippen molar-refractivity contribution in [2.75, 3.05) is 261 Å². The van der Waals surface area contributed by atoms with E-state index in [1.807, 2.05) is 0 Å². The molecule has 0 unspecified atom stereocenters. The Balaban J connectivity index is 0.000000588. The maximum Gasteiger partial charge on any atom is 0.305 e. The quantitative estimate of drug-likeness (QED) is 0.0410. The molecule has 0 N–H and O–H groups in total. The van der Waals surface area contributed by atoms with Crippen LogP contribution in [0.15, 0.2) is 0 Å². The van der Waals surface area contributed by atoms with Crippen molar-refractivity contribution in [1.29, 1.82) is 0 Å². The smallest absolute Gasteiger partial charge is 0.305 e. The normalized spacial score (nSPS) is 19.9. The van der Waals surface area contributed by atoms with Gasteiger partial charge < -0.3 is 94.7 Å². The molecule has 0 aliphatic carbocycles. The van der Waals surface area contributed by atoms with Gasteiger partial charge in [0.2, 0.25) is 0 Å². The molecule has 0 radical (unpaired) electrons. The molecule has 0 aromatic carbocycles. The monoisotopic (exact) mass is 1470 g/mol. The molecule has 0 amide bonds. The largest absolute Gasteiger partial charge is 0.465 e. The van der Waals surface area contributed by atoms with Crippen molar-refractivity contribution in [3.8, 4) is 0 Å². The van der Waals surface area contributed by atoms with Crippen LogP contribution in [0.2, 0.25) is 0 Å². The minimum atomic E-state index is -0.143. The molecule has 8 fully saturated rings. The molecule has 0 aromatic heterocycles. The standard InChI is InChI=1S/C15H30O2.C13H26O3.C11H22O3.C11H22O2.C10H18O4.C8H16O3.C7H14O2.C6H12O2/c1-3-5-6-7-8-9-10-11-16-12-15(4-2)13-17-14-15;1-3-13(11-16-12-13)10-15-9-7-5-4-6-8-14-2;1-3-11(9-14-10-11)8-13-7-5-4-6-12-2;1-3-4-5-6-7-12-8-11(2)9-13-10-11;1-10(6-13-7-10)8-14-9(11)4-3-5-12-2;1-8(6-11-7-8)5-10-4-3-9-2;1-3-7(4-8-2)5-9-6-7;1-6(3-7-2)4-8-5-6/h3-14H2,1-2H3;3-12H2,1-2H3;3-10H2,1-2H3;3-10H2,1-2H3;3-8H2,1-2H3;3-7H2,1-2H3;3-6H2,1-2H3;3-5H2,1-2H3. The van der Waals surface area contributed by atoms with Gasteiger partial charge in [0.05, 0.1) is 165 Å². The second kappa shape index (κ2) is 61.5. The summed E-state index contributed by atoms with van der Waals surface area (Å²) >= 11 is 0. The Hall–Kier alpha value is -1.29. The van der Waals surface area contributed by atoms with Crippen LogP contribution >= 0.6 is 0 Å². The van der Waals surface area contributed by atoms with Crippen molar-refractivity contribution in [1.82, 2.24) is 0 Å². The van der Waals surface area contributed by atoms with Crippen molar-refractivity contribution in [3.63, 3.8) is 0 Å². The lowest BCUT2D eigenvalue weighted by Crippen LogP contribution is -2.45. The Kier molecular flexibility index (Phi) is 59.5. The number of rotatable bonds is 52. The van der Waals surface area contributed by atoms with Gasteiger partial charge in [-0.2, -0.15) is 0 Å². The molecule has 0 spiro atoms. The molecular formula is C81H160O21. The number of hydrogen-bond acceptors (Lipinski definition) is 21. The number of carbonyl (C=O) groups is 1. The number of unbranched alkanes of at least 4 members (excludes halogenated alkanes) is 13. The summed E-state index contributed by atoms with van der Waals surface area (Å²) in [6, 6.07) is 0. The second-order valence-corrected chi connectivity index (χ2v) is 31.8. The van der Waals surface area contributed by atoms with E-state index in [4.69, 9.17) is 94.7 Å². The number of carbonyl (C=O) groups excluding carboxylic acids is 1. The van der Waals surface area contributed by atoms with Crippen LogP contribution in [-0.4, -0.2) is 267 Å². The fourth-order valence-electron chi connectivity index (χ4n) is 11.3. The van der Waals surface area contributed by atoms with E-state index in [0.717, 1.165) is 204 Å². The lowest BCUT2D eigenvalue weighted by atomic mass is 9.84. The zero-order valence-corrected chi connectivity index (χ0v) is 68.7. The van der Waals surface area contributed by atoms with Crippen molar-refractivity contribution in [3.05, 3.63) is 0 Å². The fraction of sp³-hybridized carbons (Fsp3) is 0.988. The zero-order chi connectivity index (χ0) is 75.3. The third-order valence-corrected chi connectivity index (χ3v) is 20.0. The van der Waals surface area contributed by atoms with Crippen LogP contribution in [0.4, 0.5) is 0 Å². The molecule has 0 saturated carbocycles. The van der Waals surface area contributed by atoms with Crippen LogP contribution in [0.5, 0.6) is 0 Å². The van der Waals surface area contributed by atoms with Gasteiger partial charge in [0.1, 0.15) is 6.61 Å². The fourth-order valence-corrected chi connectivity index (χ4v) is 11.3. The highest BCUT2D eigenvalue weighted by Gasteiger charge is 2.41. The molecule has 8 aliphatic heterocycles. The van der Waals surface area contributed by atoms with Crippen LogP contribution < -0.4 is 0 Å². The van der Waals surface area contributed by atoms with E-state index < -0.39 is 0 Å². The van der Waals surface area contributed by atoms with Crippen LogP contribution in [0.25, 0.3) is 0 Å². The van der Waals surface area contributed by atoms with Gasteiger partial charge >= 0.3 is 5.97 Å². The van der Waals surface area contributed by atoms with Gasteiger partial charge in [-0.05, 0) is 70.6 Å². The average molecular weight is 1470 g/mol. The van der Waals surface area contributed by atoms with Crippen molar-refractivity contribution >= 4 is 5.97 Å². The molecule has 8 heterocycles. The van der Waals surface area contributed by atoms with Gasteiger partial charge in [-0.1, -0.05) is 140 Å². The maximum atomic E-state index is 11.2. The Bertz CT molecular complexity index is 1830. The molecule has 21 heteroatoms. The molecule has 21 nitrogen and oxygen atoms in total. The highest BCUT2D eigenvalue weighted by atomic mass is 16.6. The Labute approximate surface area is 623 Å². The summed E-state index contributed by atoms with van der Waals surface area (Å²) in [6.07, 6.45) is 27.5. The summed E-state index contributed by atoms with van der Waals surface area (Å²) in [6.45, 7) is 49.3. The number of methoxy groups -OCH3 is 6. The van der Waals surface area contributed by atoms with Gasteiger partial charge in [0.25, 0.3) is 0 Å². The van der Waals surface area contributed by atoms with Gasteiger partial charge in [-0.15, -0.1) is 0 Å². The van der Waals surface area contributed by atoms with Crippen molar-refractivity contribution < 1.29 is 99.5 Å². The van der Waals surface area contributed by atoms with E-state index in [1.54, 1.807) is 42.7 Å². The Morgan fingerprint density at radius 3 is 0.794 bits per heavy atom. The van der Waals surface area contributed by atoms with Crippen LogP contribution in [0.1, 0.15) is 217 Å². The number of esters is 1. The van der Waals surface area contributed by atoms with E-state index in [0.29, 0.717) is 78.6 Å². The van der Waals surface area contributed by atoms with Gasteiger partial charge in [0.15, 0.2) is 0 Å². The van der Waals surface area contributed by atoms with E-state index in [9.17, 15) is 4.79 Å². The minimum absolute atomic E-state index is 0.0525. The van der Waals surface area contributed by atoms with Gasteiger partial charge in [-0.3, -0.25) is 4.79 Å². The van der Waals surface area contributed by atoms with Crippen molar-refractivity contribution in [2.24, 2.45) is 43.3 Å². The van der Waals surface area contributed by atoms with E-state index in [-0.39, 0.29) is 16.8 Å². The first-order valence-corrected chi connectivity index (χ1v) is 39.9. The lowest BCUT2D eigenvalue weighted by molar-refractivity contribution is -0.165. The first kappa shape index (κ1) is 98.7. The predicted molar refractivity (Wildman–Crippen MR) is 405 cm³/mol. The van der Waals surface area contributed by atoms with Crippen LogP contribution in [0.3, 0.4) is 0 Å². The molecule has 0 aromatic rings. The summed E-state index contributed by atoms with van der Waals surface area (Å²) in [4.78, 5) is 11.2. The van der Waals surface area contributed by atoms with E-state index >= 15 is 0 Å². The lowest BCUT2D eigenvalue weighted by Gasteiger charge is -2.40. The van der Waals surface area contributed by atoms with Crippen LogP contribution in [0, 0.1) is 43.3 Å². The topological polar surface area (TPSA) is 202 Å². The molecule has 610 valence electrons. The van der Waals surface area contributed by atoms with E-state index in [2.05, 4.69) is 69.2 Å². The van der Waals surface area contributed by atoms with Gasteiger partial charge in [0, 0.05) is 139 Å².